The predicted octanol–water partition coefficient (Wildman–Crippen LogP) is 2.61. The lowest BCUT2D eigenvalue weighted by Gasteiger charge is -2.33. The van der Waals surface area contributed by atoms with Crippen LogP contribution in [0.4, 0.5) is 8.78 Å². The van der Waals surface area contributed by atoms with Crippen LogP contribution in [0.15, 0.2) is 18.5 Å². The van der Waals surface area contributed by atoms with Gasteiger partial charge in [0.05, 0.1) is 24.0 Å². The number of hydrogen-bond acceptors (Lipinski definition) is 3. The molecule has 1 amide bonds. The van der Waals surface area contributed by atoms with Crippen molar-refractivity contribution in [3.63, 3.8) is 0 Å². The lowest BCUT2D eigenvalue weighted by Crippen LogP contribution is -2.42. The molecular formula is C18H22F2N4O. The van der Waals surface area contributed by atoms with Gasteiger partial charge in [-0.15, -0.1) is 0 Å². The standard InChI is InChI=1S/C18H22F2N4O/c19-14-9-16-17(10-15(14)20)24(11-21-16)12-22-7-3-13(4-8-22)18(25)23-5-1-2-6-23/h9-11,13H,1-8,12H2. The van der Waals surface area contributed by atoms with Crippen LogP contribution >= 0.6 is 0 Å². The Morgan fingerprint density at radius 1 is 1.08 bits per heavy atom. The number of nitrogens with zero attached hydrogens (tertiary/aromatic N) is 4. The highest BCUT2D eigenvalue weighted by atomic mass is 19.2. The molecule has 2 fully saturated rings. The molecule has 134 valence electrons. The Bertz CT molecular complexity index is 777. The quantitative estimate of drug-likeness (QED) is 0.856. The van der Waals surface area contributed by atoms with E-state index in [9.17, 15) is 13.6 Å². The van der Waals surface area contributed by atoms with Crippen LogP contribution in [0.1, 0.15) is 25.7 Å². The minimum absolute atomic E-state index is 0.125. The average Bonchev–Trinajstić information content (AvgIpc) is 3.27. The summed E-state index contributed by atoms with van der Waals surface area (Å²) in [4.78, 5) is 20.9. The van der Waals surface area contributed by atoms with Gasteiger partial charge in [-0.25, -0.2) is 13.8 Å². The summed E-state index contributed by atoms with van der Waals surface area (Å²) in [5, 5.41) is 0. The number of carbonyl (C=O) groups excluding carboxylic acids is 1. The summed E-state index contributed by atoms with van der Waals surface area (Å²) in [6.07, 6.45) is 5.56. The Morgan fingerprint density at radius 2 is 1.76 bits per heavy atom. The first-order valence-corrected chi connectivity index (χ1v) is 8.93. The van der Waals surface area contributed by atoms with E-state index < -0.39 is 11.6 Å². The molecule has 3 heterocycles. The molecule has 2 aliphatic rings. The highest BCUT2D eigenvalue weighted by Gasteiger charge is 2.29. The van der Waals surface area contributed by atoms with E-state index in [0.29, 0.717) is 23.6 Å². The molecule has 0 N–H and O–H groups in total. The maximum atomic E-state index is 13.5. The van der Waals surface area contributed by atoms with Crippen molar-refractivity contribution in [2.75, 3.05) is 26.2 Å². The van der Waals surface area contributed by atoms with Crippen LogP contribution in [0.25, 0.3) is 11.0 Å². The SMILES string of the molecule is O=C(C1CCN(Cn2cnc3cc(F)c(F)cc32)CC1)N1CCCC1. The van der Waals surface area contributed by atoms with Gasteiger partial charge in [-0.3, -0.25) is 9.69 Å². The van der Waals surface area contributed by atoms with Crippen molar-refractivity contribution in [3.05, 3.63) is 30.1 Å². The van der Waals surface area contributed by atoms with E-state index in [-0.39, 0.29) is 5.92 Å². The van der Waals surface area contributed by atoms with Crippen LogP contribution in [0.5, 0.6) is 0 Å². The number of aromatic nitrogens is 2. The van der Waals surface area contributed by atoms with E-state index in [1.165, 1.54) is 6.07 Å². The zero-order chi connectivity index (χ0) is 17.4. The number of carbonyl (C=O) groups is 1. The summed E-state index contributed by atoms with van der Waals surface area (Å²) in [6, 6.07) is 2.32. The normalized spacial score (nSPS) is 19.8. The Kier molecular flexibility index (Phi) is 4.41. The second-order valence-corrected chi connectivity index (χ2v) is 7.04. The molecule has 5 nitrogen and oxygen atoms in total. The number of halogens is 2. The minimum Gasteiger partial charge on any atom is -0.342 e. The molecule has 0 aliphatic carbocycles. The average molecular weight is 348 g/mol. The molecule has 2 aliphatic heterocycles. The van der Waals surface area contributed by atoms with Crippen molar-refractivity contribution in [3.8, 4) is 0 Å². The number of fused-ring (bicyclic) bond motifs is 1. The first-order chi connectivity index (χ1) is 12.1. The van der Waals surface area contributed by atoms with Gasteiger partial charge in [0, 0.05) is 44.2 Å². The molecule has 0 unspecified atom stereocenters. The second kappa shape index (κ2) is 6.71. The summed E-state index contributed by atoms with van der Waals surface area (Å²) >= 11 is 0. The largest absolute Gasteiger partial charge is 0.342 e. The van der Waals surface area contributed by atoms with Gasteiger partial charge in [0.25, 0.3) is 0 Å². The number of amides is 1. The van der Waals surface area contributed by atoms with Crippen LogP contribution in [0.3, 0.4) is 0 Å². The van der Waals surface area contributed by atoms with Gasteiger partial charge in [-0.05, 0) is 25.7 Å². The molecule has 4 rings (SSSR count). The van der Waals surface area contributed by atoms with E-state index in [4.69, 9.17) is 0 Å². The highest BCUT2D eigenvalue weighted by molar-refractivity contribution is 5.79. The van der Waals surface area contributed by atoms with Gasteiger partial charge in [0.15, 0.2) is 11.6 Å². The number of benzene rings is 1. The molecule has 2 saturated heterocycles. The smallest absolute Gasteiger partial charge is 0.225 e. The van der Waals surface area contributed by atoms with Gasteiger partial charge in [-0.2, -0.15) is 0 Å². The number of imidazole rings is 1. The molecule has 0 bridgehead atoms. The van der Waals surface area contributed by atoms with Crippen LogP contribution < -0.4 is 0 Å². The van der Waals surface area contributed by atoms with E-state index in [1.54, 1.807) is 6.33 Å². The monoisotopic (exact) mass is 348 g/mol. The molecule has 1 aromatic carbocycles. The van der Waals surface area contributed by atoms with Crippen molar-refractivity contribution >= 4 is 16.9 Å². The van der Waals surface area contributed by atoms with Crippen molar-refractivity contribution in [1.82, 2.24) is 19.4 Å². The molecule has 25 heavy (non-hydrogen) atoms. The van der Waals surface area contributed by atoms with Crippen LogP contribution in [-0.4, -0.2) is 51.4 Å². The van der Waals surface area contributed by atoms with Gasteiger partial charge >= 0.3 is 0 Å². The van der Waals surface area contributed by atoms with Crippen LogP contribution in [0, 0.1) is 17.6 Å². The molecule has 1 aromatic heterocycles. The zero-order valence-corrected chi connectivity index (χ0v) is 14.1. The molecule has 0 spiro atoms. The molecular weight excluding hydrogens is 326 g/mol. The maximum Gasteiger partial charge on any atom is 0.225 e. The second-order valence-electron chi connectivity index (χ2n) is 7.04. The first kappa shape index (κ1) is 16.4. The molecule has 7 heteroatoms. The fourth-order valence-corrected chi connectivity index (χ4v) is 3.90. The third kappa shape index (κ3) is 3.25. The number of hydrogen-bond donors (Lipinski definition) is 0. The van der Waals surface area contributed by atoms with E-state index in [0.717, 1.165) is 57.9 Å². The molecule has 0 atom stereocenters. The predicted molar refractivity (Wildman–Crippen MR) is 89.8 cm³/mol. The van der Waals surface area contributed by atoms with Crippen molar-refractivity contribution in [2.45, 2.75) is 32.4 Å². The van der Waals surface area contributed by atoms with Crippen molar-refractivity contribution < 1.29 is 13.6 Å². The third-order valence-electron chi connectivity index (χ3n) is 5.37. The number of likely N-dealkylation sites (tertiary alicyclic amines) is 2. The summed E-state index contributed by atoms with van der Waals surface area (Å²) < 4.78 is 28.6. The van der Waals surface area contributed by atoms with Crippen LogP contribution in [0.2, 0.25) is 0 Å². The minimum atomic E-state index is -0.876. The summed E-state index contributed by atoms with van der Waals surface area (Å²) in [6.45, 7) is 4.04. The third-order valence-corrected chi connectivity index (χ3v) is 5.37. The number of piperidine rings is 1. The number of rotatable bonds is 3. The van der Waals surface area contributed by atoms with Gasteiger partial charge in [0.1, 0.15) is 0 Å². The highest BCUT2D eigenvalue weighted by Crippen LogP contribution is 2.23. The Labute approximate surface area is 145 Å². The fourth-order valence-electron chi connectivity index (χ4n) is 3.90. The molecule has 0 radical (unpaired) electrons. The van der Waals surface area contributed by atoms with Crippen molar-refractivity contribution in [1.29, 1.82) is 0 Å². The Morgan fingerprint density at radius 3 is 2.48 bits per heavy atom. The van der Waals surface area contributed by atoms with Gasteiger partial charge in [0.2, 0.25) is 5.91 Å². The van der Waals surface area contributed by atoms with Crippen LogP contribution in [-0.2, 0) is 11.5 Å². The van der Waals surface area contributed by atoms with Gasteiger partial charge < -0.3 is 9.47 Å². The fraction of sp³-hybridized carbons (Fsp3) is 0.556. The Balaban J connectivity index is 1.39. The lowest BCUT2D eigenvalue weighted by atomic mass is 9.95. The molecule has 2 aromatic rings. The first-order valence-electron chi connectivity index (χ1n) is 8.93. The van der Waals surface area contributed by atoms with E-state index in [1.807, 2.05) is 9.47 Å². The Hall–Kier alpha value is -2.02. The topological polar surface area (TPSA) is 41.4 Å². The van der Waals surface area contributed by atoms with Crippen molar-refractivity contribution in [2.24, 2.45) is 5.92 Å². The summed E-state index contributed by atoms with van der Waals surface area (Å²) in [5.74, 6) is -1.30. The summed E-state index contributed by atoms with van der Waals surface area (Å²) in [5.41, 5.74) is 1.05. The van der Waals surface area contributed by atoms with Gasteiger partial charge in [-0.1, -0.05) is 0 Å². The zero-order valence-electron chi connectivity index (χ0n) is 14.1. The van der Waals surface area contributed by atoms with E-state index in [2.05, 4.69) is 9.88 Å². The maximum absolute atomic E-state index is 13.5. The lowest BCUT2D eigenvalue weighted by molar-refractivity contribution is -0.136. The van der Waals surface area contributed by atoms with E-state index >= 15 is 0 Å². The summed E-state index contributed by atoms with van der Waals surface area (Å²) in [7, 11) is 0. The molecule has 0 saturated carbocycles.